The van der Waals surface area contributed by atoms with Crippen molar-refractivity contribution in [3.63, 3.8) is 0 Å². The van der Waals surface area contributed by atoms with Crippen LogP contribution in [0.15, 0.2) is 29.1 Å². The van der Waals surface area contributed by atoms with Crippen LogP contribution in [0.25, 0.3) is 11.2 Å². The highest BCUT2D eigenvalue weighted by Crippen LogP contribution is 2.22. The minimum absolute atomic E-state index is 0.0756. The second-order valence-corrected chi connectivity index (χ2v) is 7.17. The van der Waals surface area contributed by atoms with E-state index in [4.69, 9.17) is 0 Å². The van der Waals surface area contributed by atoms with Crippen LogP contribution < -0.4 is 5.56 Å². The summed E-state index contributed by atoms with van der Waals surface area (Å²) in [6.45, 7) is 5.71. The third-order valence-electron chi connectivity index (χ3n) is 5.10. The molecular weight excluding hydrogens is 344 g/mol. The van der Waals surface area contributed by atoms with Crippen molar-refractivity contribution in [3.8, 4) is 0 Å². The van der Waals surface area contributed by atoms with Gasteiger partial charge in [-0.2, -0.15) is 0 Å². The molecule has 27 heavy (non-hydrogen) atoms. The number of benzene rings is 1. The number of nitrogens with zero attached hydrogens (tertiary/aromatic N) is 5. The zero-order valence-corrected chi connectivity index (χ0v) is 15.5. The van der Waals surface area contributed by atoms with Gasteiger partial charge in [-0.3, -0.25) is 9.59 Å². The van der Waals surface area contributed by atoms with E-state index >= 15 is 0 Å². The molecule has 3 aromatic rings. The van der Waals surface area contributed by atoms with E-state index in [1.165, 1.54) is 0 Å². The Balaban J connectivity index is 1.53. The average molecular weight is 366 g/mol. The van der Waals surface area contributed by atoms with E-state index in [0.717, 1.165) is 30.5 Å². The van der Waals surface area contributed by atoms with Crippen LogP contribution >= 0.6 is 0 Å². The number of H-pyrrole nitrogens is 1. The van der Waals surface area contributed by atoms with Gasteiger partial charge in [0, 0.05) is 25.2 Å². The lowest BCUT2D eigenvalue weighted by molar-refractivity contribution is 0.0659. The number of aromatic amines is 1. The van der Waals surface area contributed by atoms with E-state index in [2.05, 4.69) is 20.3 Å². The molecule has 1 atom stereocenters. The Kier molecular flexibility index (Phi) is 4.47. The summed E-state index contributed by atoms with van der Waals surface area (Å²) in [6.07, 6.45) is 1.95. The van der Waals surface area contributed by atoms with Gasteiger partial charge >= 0.3 is 0 Å². The summed E-state index contributed by atoms with van der Waals surface area (Å²) in [5, 5.41) is 8.08. The molecule has 8 nitrogen and oxygen atoms in total. The Hall–Kier alpha value is -3.03. The molecule has 4 rings (SSSR count). The quantitative estimate of drug-likeness (QED) is 0.761. The summed E-state index contributed by atoms with van der Waals surface area (Å²) in [5.41, 5.74) is 2.23. The second kappa shape index (κ2) is 6.94. The van der Waals surface area contributed by atoms with Crippen molar-refractivity contribution in [3.05, 3.63) is 51.6 Å². The number of hydrogen-bond acceptors (Lipinski definition) is 5. The molecule has 1 aliphatic rings. The number of piperidine rings is 1. The number of likely N-dealkylation sites (tertiary alicyclic amines) is 1. The van der Waals surface area contributed by atoms with Crippen molar-refractivity contribution >= 4 is 17.1 Å². The van der Waals surface area contributed by atoms with Crippen molar-refractivity contribution in [2.24, 2.45) is 5.92 Å². The van der Waals surface area contributed by atoms with E-state index in [0.29, 0.717) is 24.6 Å². The molecule has 2 aromatic heterocycles. The minimum atomic E-state index is -0.274. The van der Waals surface area contributed by atoms with E-state index in [9.17, 15) is 9.59 Å². The van der Waals surface area contributed by atoms with Gasteiger partial charge in [0.15, 0.2) is 11.2 Å². The lowest BCUT2D eigenvalue weighted by Crippen LogP contribution is -2.41. The number of carbonyl (C=O) groups excluding carboxylic acids is 1. The van der Waals surface area contributed by atoms with E-state index in [1.807, 2.05) is 36.1 Å². The number of hydrogen-bond donors (Lipinski definition) is 1. The standard InChI is InChI=1S/C19H22N6O2/c1-12-6-3-4-8-15(12)19(27)24-9-5-7-14(10-24)11-25-17-16(22-23-25)18(26)21-13(2)20-17/h3-4,6,8,14H,5,7,9-11H2,1-2H3,(H,20,21,26)/t14-/m1/s1. The summed E-state index contributed by atoms with van der Waals surface area (Å²) < 4.78 is 1.68. The normalized spacial score (nSPS) is 17.4. The van der Waals surface area contributed by atoms with Crippen LogP contribution in [0.4, 0.5) is 0 Å². The third kappa shape index (κ3) is 3.34. The highest BCUT2D eigenvalue weighted by atomic mass is 16.2. The molecule has 0 saturated carbocycles. The van der Waals surface area contributed by atoms with Crippen LogP contribution in [0, 0.1) is 19.8 Å². The lowest BCUT2D eigenvalue weighted by atomic mass is 9.96. The molecule has 1 saturated heterocycles. The smallest absolute Gasteiger partial charge is 0.281 e. The molecule has 0 radical (unpaired) electrons. The van der Waals surface area contributed by atoms with E-state index in [-0.39, 0.29) is 22.9 Å². The van der Waals surface area contributed by atoms with Crippen LogP contribution in [-0.2, 0) is 6.54 Å². The Morgan fingerprint density at radius 3 is 2.93 bits per heavy atom. The lowest BCUT2D eigenvalue weighted by Gasteiger charge is -2.33. The van der Waals surface area contributed by atoms with Crippen LogP contribution in [-0.4, -0.2) is 48.9 Å². The van der Waals surface area contributed by atoms with Crippen molar-refractivity contribution in [1.29, 1.82) is 0 Å². The molecule has 1 aliphatic heterocycles. The van der Waals surface area contributed by atoms with Gasteiger partial charge in [-0.1, -0.05) is 23.4 Å². The Morgan fingerprint density at radius 1 is 1.30 bits per heavy atom. The maximum Gasteiger partial charge on any atom is 0.281 e. The SMILES string of the molecule is Cc1nc2c(nnn2C[C@@H]2CCCN(C(=O)c3ccccc3C)C2)c(=O)[nH]1. The molecule has 1 aromatic carbocycles. The highest BCUT2D eigenvalue weighted by Gasteiger charge is 2.26. The molecule has 8 heteroatoms. The van der Waals surface area contributed by atoms with E-state index < -0.39 is 0 Å². The second-order valence-electron chi connectivity index (χ2n) is 7.17. The third-order valence-corrected chi connectivity index (χ3v) is 5.10. The zero-order chi connectivity index (χ0) is 19.0. The molecule has 0 bridgehead atoms. The van der Waals surface area contributed by atoms with E-state index in [1.54, 1.807) is 11.6 Å². The van der Waals surface area contributed by atoms with Crippen molar-refractivity contribution < 1.29 is 4.79 Å². The van der Waals surface area contributed by atoms with Gasteiger partial charge < -0.3 is 9.88 Å². The number of carbonyl (C=O) groups is 1. The van der Waals surface area contributed by atoms with Crippen molar-refractivity contribution in [2.45, 2.75) is 33.2 Å². The number of amides is 1. The summed E-state index contributed by atoms with van der Waals surface area (Å²) in [4.78, 5) is 33.8. The van der Waals surface area contributed by atoms with Gasteiger partial charge in [0.05, 0.1) is 0 Å². The Bertz CT molecular complexity index is 1050. The molecule has 140 valence electrons. The highest BCUT2D eigenvalue weighted by molar-refractivity contribution is 5.95. The first-order chi connectivity index (χ1) is 13.0. The predicted octanol–water partition coefficient (Wildman–Crippen LogP) is 1.68. The van der Waals surface area contributed by atoms with Gasteiger partial charge in [-0.05, 0) is 44.2 Å². The fraction of sp³-hybridized carbons (Fsp3) is 0.421. The van der Waals surface area contributed by atoms with Crippen LogP contribution in [0.2, 0.25) is 0 Å². The summed E-state index contributed by atoms with van der Waals surface area (Å²) >= 11 is 0. The number of aromatic nitrogens is 5. The van der Waals surface area contributed by atoms with Crippen molar-refractivity contribution in [2.75, 3.05) is 13.1 Å². The summed E-state index contributed by atoms with van der Waals surface area (Å²) in [7, 11) is 0. The number of aryl methyl sites for hydroxylation is 2. The van der Waals surface area contributed by atoms with Crippen LogP contribution in [0.3, 0.4) is 0 Å². The fourth-order valence-corrected chi connectivity index (χ4v) is 3.73. The van der Waals surface area contributed by atoms with Crippen molar-refractivity contribution in [1.82, 2.24) is 29.9 Å². The minimum Gasteiger partial charge on any atom is -0.338 e. The first-order valence-corrected chi connectivity index (χ1v) is 9.18. The number of rotatable bonds is 3. The molecule has 1 fully saturated rings. The predicted molar refractivity (Wildman–Crippen MR) is 100 cm³/mol. The molecule has 0 spiro atoms. The molecular formula is C19H22N6O2. The van der Waals surface area contributed by atoms with Crippen LogP contribution in [0.5, 0.6) is 0 Å². The molecule has 3 heterocycles. The van der Waals surface area contributed by atoms with Gasteiger partial charge in [-0.15, -0.1) is 5.10 Å². The molecule has 1 N–H and O–H groups in total. The fourth-order valence-electron chi connectivity index (χ4n) is 3.73. The Labute approximate surface area is 156 Å². The average Bonchev–Trinajstić information content (AvgIpc) is 3.05. The maximum atomic E-state index is 12.9. The van der Waals surface area contributed by atoms with Gasteiger partial charge in [0.25, 0.3) is 11.5 Å². The van der Waals surface area contributed by atoms with Gasteiger partial charge in [0.2, 0.25) is 0 Å². The monoisotopic (exact) mass is 366 g/mol. The van der Waals surface area contributed by atoms with Gasteiger partial charge in [0.1, 0.15) is 5.82 Å². The first kappa shape index (κ1) is 17.4. The van der Waals surface area contributed by atoms with Gasteiger partial charge in [-0.25, -0.2) is 9.67 Å². The zero-order valence-electron chi connectivity index (χ0n) is 15.5. The summed E-state index contributed by atoms with van der Waals surface area (Å²) in [5.74, 6) is 0.862. The molecule has 0 unspecified atom stereocenters. The largest absolute Gasteiger partial charge is 0.338 e. The number of fused-ring (bicyclic) bond motifs is 1. The Morgan fingerprint density at radius 2 is 2.11 bits per heavy atom. The summed E-state index contributed by atoms with van der Waals surface area (Å²) in [6, 6.07) is 7.68. The maximum absolute atomic E-state index is 12.9. The first-order valence-electron chi connectivity index (χ1n) is 9.18. The topological polar surface area (TPSA) is 96.8 Å². The molecule has 1 amide bonds. The number of nitrogens with one attached hydrogen (secondary N) is 1. The van der Waals surface area contributed by atoms with Crippen LogP contribution in [0.1, 0.15) is 34.6 Å². The molecule has 0 aliphatic carbocycles.